The van der Waals surface area contributed by atoms with Crippen molar-refractivity contribution in [2.75, 3.05) is 27.2 Å². The molecule has 0 fully saturated rings. The third-order valence-corrected chi connectivity index (χ3v) is 1.53. The third-order valence-electron chi connectivity index (χ3n) is 1.53. The van der Waals surface area contributed by atoms with E-state index in [0.29, 0.717) is 0 Å². The molecule has 0 atom stereocenters. The van der Waals surface area contributed by atoms with Crippen molar-refractivity contribution in [2.24, 2.45) is 4.99 Å². The first-order valence-electron chi connectivity index (χ1n) is 4.07. The molecule has 0 aliphatic heterocycles. The van der Waals surface area contributed by atoms with Crippen LogP contribution in [0.2, 0.25) is 0 Å². The third kappa shape index (κ3) is 3.34. The average Bonchev–Trinajstić information content (AvgIpc) is 2.49. The van der Waals surface area contributed by atoms with Gasteiger partial charge in [-0.2, -0.15) is 0 Å². The lowest BCUT2D eigenvalue weighted by Crippen LogP contribution is -2.15. The van der Waals surface area contributed by atoms with E-state index in [1.54, 1.807) is 0 Å². The molecule has 66 valence electrons. The number of aliphatic imine (C=N–C) groups is 1. The van der Waals surface area contributed by atoms with Crippen LogP contribution in [0.1, 0.15) is 5.69 Å². The van der Waals surface area contributed by atoms with Crippen molar-refractivity contribution in [3.63, 3.8) is 0 Å². The van der Waals surface area contributed by atoms with Gasteiger partial charge >= 0.3 is 0 Å². The topological polar surface area (TPSA) is 31.4 Å². The van der Waals surface area contributed by atoms with Crippen molar-refractivity contribution >= 4 is 6.21 Å². The summed E-state index contributed by atoms with van der Waals surface area (Å²) < 4.78 is 0. The highest BCUT2D eigenvalue weighted by molar-refractivity contribution is 5.76. The maximum Gasteiger partial charge on any atom is 0.0561 e. The van der Waals surface area contributed by atoms with Gasteiger partial charge in [0.2, 0.25) is 0 Å². The van der Waals surface area contributed by atoms with Gasteiger partial charge in [0.15, 0.2) is 0 Å². The molecule has 0 aromatic carbocycles. The lowest BCUT2D eigenvalue weighted by Gasteiger charge is -2.04. The van der Waals surface area contributed by atoms with Crippen LogP contribution in [0.4, 0.5) is 0 Å². The standard InChI is InChI=1S/C9H15N3/c1-12(2)7-6-10-8-9-4-3-5-11-9/h3-5,8,11H,6-7H2,1-2H3/b10-8-. The Labute approximate surface area is 73.1 Å². The molecule has 0 aliphatic carbocycles. The predicted molar refractivity (Wildman–Crippen MR) is 51.8 cm³/mol. The van der Waals surface area contributed by atoms with E-state index in [4.69, 9.17) is 0 Å². The smallest absolute Gasteiger partial charge is 0.0561 e. The molecule has 0 unspecified atom stereocenters. The molecule has 1 heterocycles. The van der Waals surface area contributed by atoms with Crippen molar-refractivity contribution in [1.82, 2.24) is 9.88 Å². The highest BCUT2D eigenvalue weighted by Gasteiger charge is 1.87. The molecule has 1 aromatic heterocycles. The first-order chi connectivity index (χ1) is 5.79. The maximum atomic E-state index is 4.26. The molecule has 3 nitrogen and oxygen atoms in total. The summed E-state index contributed by atoms with van der Waals surface area (Å²) in [5.74, 6) is 0. The summed E-state index contributed by atoms with van der Waals surface area (Å²) in [5, 5.41) is 0. The molecule has 3 heteroatoms. The van der Waals surface area contributed by atoms with E-state index in [2.05, 4.69) is 14.9 Å². The fourth-order valence-corrected chi connectivity index (χ4v) is 0.845. The summed E-state index contributed by atoms with van der Waals surface area (Å²) in [6.45, 7) is 1.85. The number of nitrogens with one attached hydrogen (secondary N) is 1. The van der Waals surface area contributed by atoms with E-state index in [1.807, 2.05) is 38.6 Å². The zero-order chi connectivity index (χ0) is 8.81. The highest BCUT2D eigenvalue weighted by Crippen LogP contribution is 1.88. The second kappa shape index (κ2) is 4.72. The van der Waals surface area contributed by atoms with Gasteiger partial charge in [-0.1, -0.05) is 0 Å². The van der Waals surface area contributed by atoms with E-state index >= 15 is 0 Å². The fourth-order valence-electron chi connectivity index (χ4n) is 0.845. The molecule has 1 rings (SSSR count). The molecule has 1 aromatic rings. The Kier molecular flexibility index (Phi) is 3.54. The van der Waals surface area contributed by atoms with Gasteiger partial charge in [-0.3, -0.25) is 4.99 Å². The van der Waals surface area contributed by atoms with Crippen molar-refractivity contribution in [3.8, 4) is 0 Å². The van der Waals surface area contributed by atoms with Crippen molar-refractivity contribution in [2.45, 2.75) is 0 Å². The fraction of sp³-hybridized carbons (Fsp3) is 0.444. The number of aromatic amines is 1. The molecular weight excluding hydrogens is 150 g/mol. The second-order valence-corrected chi connectivity index (χ2v) is 2.96. The molecule has 0 spiro atoms. The first-order valence-corrected chi connectivity index (χ1v) is 4.07. The number of hydrogen-bond acceptors (Lipinski definition) is 2. The quantitative estimate of drug-likeness (QED) is 0.663. The van der Waals surface area contributed by atoms with Crippen LogP contribution in [-0.2, 0) is 0 Å². The van der Waals surface area contributed by atoms with E-state index in [9.17, 15) is 0 Å². The number of H-pyrrole nitrogens is 1. The Bertz CT molecular complexity index is 224. The molecule has 0 aliphatic rings. The summed E-state index contributed by atoms with van der Waals surface area (Å²) in [6.07, 6.45) is 3.76. The Morgan fingerprint density at radius 2 is 2.42 bits per heavy atom. The SMILES string of the molecule is CN(C)CC/N=C\c1ccc[nH]1. The highest BCUT2D eigenvalue weighted by atomic mass is 15.1. The van der Waals surface area contributed by atoms with Crippen LogP contribution in [0, 0.1) is 0 Å². The molecular formula is C9H15N3. The number of rotatable bonds is 4. The average molecular weight is 165 g/mol. The van der Waals surface area contributed by atoms with Crippen LogP contribution >= 0.6 is 0 Å². The van der Waals surface area contributed by atoms with Crippen LogP contribution in [0.5, 0.6) is 0 Å². The van der Waals surface area contributed by atoms with Gasteiger partial charge in [0.25, 0.3) is 0 Å². The first kappa shape index (κ1) is 9.00. The summed E-state index contributed by atoms with van der Waals surface area (Å²) in [5.41, 5.74) is 1.06. The van der Waals surface area contributed by atoms with Gasteiger partial charge in [0.1, 0.15) is 0 Å². The van der Waals surface area contributed by atoms with Gasteiger partial charge in [-0.15, -0.1) is 0 Å². The van der Waals surface area contributed by atoms with E-state index in [1.165, 1.54) is 0 Å². The van der Waals surface area contributed by atoms with Crippen molar-refractivity contribution < 1.29 is 0 Å². The monoisotopic (exact) mass is 165 g/mol. The van der Waals surface area contributed by atoms with Gasteiger partial charge in [-0.05, 0) is 26.2 Å². The second-order valence-electron chi connectivity index (χ2n) is 2.96. The molecule has 0 radical (unpaired) electrons. The van der Waals surface area contributed by atoms with E-state index in [0.717, 1.165) is 18.8 Å². The lowest BCUT2D eigenvalue weighted by molar-refractivity contribution is 0.421. The number of likely N-dealkylation sites (N-methyl/N-ethyl adjacent to an activating group) is 1. The van der Waals surface area contributed by atoms with Gasteiger partial charge in [0, 0.05) is 19.0 Å². The molecule has 0 saturated carbocycles. The molecule has 1 N–H and O–H groups in total. The largest absolute Gasteiger partial charge is 0.360 e. The minimum absolute atomic E-state index is 0.853. The van der Waals surface area contributed by atoms with E-state index in [-0.39, 0.29) is 0 Å². The predicted octanol–water partition coefficient (Wildman–Crippen LogP) is 0.995. The van der Waals surface area contributed by atoms with E-state index < -0.39 is 0 Å². The molecule has 0 bridgehead atoms. The number of nitrogens with zero attached hydrogens (tertiary/aromatic N) is 2. The number of hydrogen-bond donors (Lipinski definition) is 1. The van der Waals surface area contributed by atoms with Crippen molar-refractivity contribution in [3.05, 3.63) is 24.0 Å². The summed E-state index contributed by atoms with van der Waals surface area (Å²) in [7, 11) is 4.09. The normalized spacial score (nSPS) is 11.6. The zero-order valence-corrected chi connectivity index (χ0v) is 7.62. The minimum atomic E-state index is 0.853. The van der Waals surface area contributed by atoms with Crippen LogP contribution in [0.15, 0.2) is 23.3 Å². The summed E-state index contributed by atoms with van der Waals surface area (Å²) in [6, 6.07) is 3.96. The summed E-state index contributed by atoms with van der Waals surface area (Å²) >= 11 is 0. The summed E-state index contributed by atoms with van der Waals surface area (Å²) in [4.78, 5) is 9.44. The Hall–Kier alpha value is -1.09. The minimum Gasteiger partial charge on any atom is -0.360 e. The zero-order valence-electron chi connectivity index (χ0n) is 7.62. The van der Waals surface area contributed by atoms with Crippen LogP contribution < -0.4 is 0 Å². The molecule has 0 saturated heterocycles. The van der Waals surface area contributed by atoms with Crippen LogP contribution in [0.25, 0.3) is 0 Å². The Morgan fingerprint density at radius 3 is 3.00 bits per heavy atom. The van der Waals surface area contributed by atoms with Crippen LogP contribution in [0.3, 0.4) is 0 Å². The maximum absolute atomic E-state index is 4.26. The van der Waals surface area contributed by atoms with Crippen molar-refractivity contribution in [1.29, 1.82) is 0 Å². The van der Waals surface area contributed by atoms with Gasteiger partial charge in [-0.25, -0.2) is 0 Å². The number of aromatic nitrogens is 1. The molecule has 0 amide bonds. The Morgan fingerprint density at radius 1 is 1.58 bits per heavy atom. The van der Waals surface area contributed by atoms with Crippen LogP contribution in [-0.4, -0.2) is 43.3 Å². The Balaban J connectivity index is 2.23. The molecule has 12 heavy (non-hydrogen) atoms. The van der Waals surface area contributed by atoms with Gasteiger partial charge < -0.3 is 9.88 Å². The van der Waals surface area contributed by atoms with Gasteiger partial charge in [0.05, 0.1) is 12.2 Å². The lowest BCUT2D eigenvalue weighted by atomic mass is 10.5.